The highest BCUT2D eigenvalue weighted by Crippen LogP contribution is 2.28. The minimum absolute atomic E-state index is 0.0429. The van der Waals surface area contributed by atoms with Crippen molar-refractivity contribution in [1.29, 1.82) is 0 Å². The van der Waals surface area contributed by atoms with Crippen LogP contribution >= 0.6 is 0 Å². The van der Waals surface area contributed by atoms with Crippen molar-refractivity contribution in [1.82, 2.24) is 15.3 Å². The number of hydrogen-bond acceptors (Lipinski definition) is 3. The van der Waals surface area contributed by atoms with Gasteiger partial charge >= 0.3 is 0 Å². The number of carbonyl (C=O) groups is 2. The second-order valence-corrected chi connectivity index (χ2v) is 6.29. The second-order valence-electron chi connectivity index (χ2n) is 6.29. The molecule has 0 saturated heterocycles. The summed E-state index contributed by atoms with van der Waals surface area (Å²) in [4.78, 5) is 31.3. The van der Waals surface area contributed by atoms with E-state index in [9.17, 15) is 9.59 Å². The molecule has 0 atom stereocenters. The lowest BCUT2D eigenvalue weighted by molar-refractivity contribution is -0.111. The molecule has 0 bridgehead atoms. The van der Waals surface area contributed by atoms with E-state index in [1.54, 1.807) is 6.20 Å². The molecule has 0 aliphatic carbocycles. The van der Waals surface area contributed by atoms with Gasteiger partial charge in [-0.05, 0) is 36.4 Å². The zero-order valence-corrected chi connectivity index (χ0v) is 14.6. The summed E-state index contributed by atoms with van der Waals surface area (Å²) >= 11 is 0. The van der Waals surface area contributed by atoms with E-state index in [0.717, 1.165) is 34.6 Å². The van der Waals surface area contributed by atoms with Gasteiger partial charge in [0.1, 0.15) is 0 Å². The Morgan fingerprint density at radius 3 is 2.89 bits per heavy atom. The third kappa shape index (κ3) is 3.37. The van der Waals surface area contributed by atoms with E-state index < -0.39 is 0 Å². The summed E-state index contributed by atoms with van der Waals surface area (Å²) in [6.45, 7) is 4.11. The van der Waals surface area contributed by atoms with Crippen LogP contribution in [0.15, 0.2) is 61.3 Å². The van der Waals surface area contributed by atoms with Crippen molar-refractivity contribution in [3.63, 3.8) is 0 Å². The van der Waals surface area contributed by atoms with E-state index in [2.05, 4.69) is 27.2 Å². The maximum atomic E-state index is 12.0. The smallest absolute Gasteiger partial charge is 0.253 e. The number of fused-ring (bicyclic) bond motifs is 1. The highest BCUT2D eigenvalue weighted by molar-refractivity contribution is 5.99. The number of H-pyrrole nitrogens is 1. The van der Waals surface area contributed by atoms with Crippen molar-refractivity contribution in [2.75, 3.05) is 11.9 Å². The fourth-order valence-electron chi connectivity index (χ4n) is 3.15. The quantitative estimate of drug-likeness (QED) is 0.626. The molecule has 27 heavy (non-hydrogen) atoms. The van der Waals surface area contributed by atoms with Gasteiger partial charge in [-0.1, -0.05) is 18.7 Å². The number of benzene rings is 1. The summed E-state index contributed by atoms with van der Waals surface area (Å²) < 4.78 is 0. The van der Waals surface area contributed by atoms with Crippen LogP contribution in [-0.2, 0) is 11.2 Å². The first-order valence-corrected chi connectivity index (χ1v) is 8.64. The molecule has 1 aliphatic heterocycles. The lowest BCUT2D eigenvalue weighted by Gasteiger charge is -2.11. The summed E-state index contributed by atoms with van der Waals surface area (Å²) in [6, 6.07) is 13.2. The number of hydrogen-bond donors (Lipinski definition) is 3. The van der Waals surface area contributed by atoms with Gasteiger partial charge in [-0.3, -0.25) is 14.6 Å². The molecule has 2 aromatic heterocycles. The highest BCUT2D eigenvalue weighted by atomic mass is 16.2. The van der Waals surface area contributed by atoms with Crippen LogP contribution in [0.2, 0.25) is 0 Å². The van der Waals surface area contributed by atoms with Gasteiger partial charge in [0.2, 0.25) is 5.91 Å². The van der Waals surface area contributed by atoms with Gasteiger partial charge in [0.05, 0.1) is 11.3 Å². The van der Waals surface area contributed by atoms with Crippen LogP contribution in [0.4, 0.5) is 5.69 Å². The number of rotatable bonds is 4. The molecule has 3 heterocycles. The Labute approximate surface area is 156 Å². The van der Waals surface area contributed by atoms with Gasteiger partial charge < -0.3 is 15.6 Å². The van der Waals surface area contributed by atoms with E-state index in [0.29, 0.717) is 17.8 Å². The van der Waals surface area contributed by atoms with Crippen molar-refractivity contribution in [2.24, 2.45) is 0 Å². The number of anilines is 1. The monoisotopic (exact) mass is 358 g/mol. The van der Waals surface area contributed by atoms with E-state index in [1.807, 2.05) is 42.5 Å². The zero-order chi connectivity index (χ0) is 18.8. The molecule has 0 fully saturated rings. The average molecular weight is 358 g/mol. The number of nitrogens with zero attached hydrogens (tertiary/aromatic N) is 1. The minimum Gasteiger partial charge on any atom is -0.358 e. The first kappa shape index (κ1) is 16.8. The lowest BCUT2D eigenvalue weighted by Crippen LogP contribution is -2.31. The van der Waals surface area contributed by atoms with Gasteiger partial charge in [-0.15, -0.1) is 0 Å². The summed E-state index contributed by atoms with van der Waals surface area (Å²) in [7, 11) is 0. The summed E-state index contributed by atoms with van der Waals surface area (Å²) in [5.41, 5.74) is 5.83. The SMILES string of the molecule is C=CC(=O)Nc1cccc(-c2cc(-c3cc4c([nH]3)CCNC4=O)ccn2)c1. The largest absolute Gasteiger partial charge is 0.358 e. The maximum absolute atomic E-state index is 12.0. The number of pyridine rings is 1. The van der Waals surface area contributed by atoms with Crippen LogP contribution in [0.5, 0.6) is 0 Å². The third-order valence-corrected chi connectivity index (χ3v) is 4.49. The van der Waals surface area contributed by atoms with Crippen LogP contribution in [0.25, 0.3) is 22.5 Å². The van der Waals surface area contributed by atoms with Gasteiger partial charge in [0.15, 0.2) is 0 Å². The summed E-state index contributed by atoms with van der Waals surface area (Å²) in [5, 5.41) is 5.60. The Morgan fingerprint density at radius 1 is 1.19 bits per heavy atom. The lowest BCUT2D eigenvalue weighted by atomic mass is 10.1. The first-order valence-electron chi connectivity index (χ1n) is 8.64. The van der Waals surface area contributed by atoms with Crippen LogP contribution in [0.1, 0.15) is 16.1 Å². The second kappa shape index (κ2) is 6.92. The summed E-state index contributed by atoms with van der Waals surface area (Å²) in [6.07, 6.45) is 3.76. The standard InChI is InChI=1S/C21H18N4O2/c1-2-20(26)24-15-5-3-4-13(10-15)18-11-14(6-8-22-18)19-12-16-17(25-19)7-9-23-21(16)27/h2-6,8,10-12,25H,1,7,9H2,(H,23,27)(H,24,26). The first-order chi connectivity index (χ1) is 13.1. The van der Waals surface area contributed by atoms with E-state index in [4.69, 9.17) is 0 Å². The van der Waals surface area contributed by atoms with Gasteiger partial charge in [0, 0.05) is 47.4 Å². The molecule has 1 aliphatic rings. The predicted octanol–water partition coefficient (Wildman–Crippen LogP) is 3.15. The topological polar surface area (TPSA) is 86.9 Å². The number of aromatic nitrogens is 2. The minimum atomic E-state index is -0.260. The normalized spacial score (nSPS) is 12.8. The number of nitrogens with one attached hydrogen (secondary N) is 3. The van der Waals surface area contributed by atoms with Gasteiger partial charge in [-0.25, -0.2) is 0 Å². The van der Waals surface area contributed by atoms with E-state index >= 15 is 0 Å². The molecule has 6 nitrogen and oxygen atoms in total. The number of carbonyl (C=O) groups excluding carboxylic acids is 2. The van der Waals surface area contributed by atoms with Crippen LogP contribution in [0, 0.1) is 0 Å². The molecule has 3 N–H and O–H groups in total. The summed E-state index contributed by atoms with van der Waals surface area (Å²) in [5.74, 6) is -0.303. The predicted molar refractivity (Wildman–Crippen MR) is 104 cm³/mol. The molecule has 6 heteroatoms. The van der Waals surface area contributed by atoms with E-state index in [-0.39, 0.29) is 11.8 Å². The highest BCUT2D eigenvalue weighted by Gasteiger charge is 2.20. The van der Waals surface area contributed by atoms with Gasteiger partial charge in [0.25, 0.3) is 5.91 Å². The maximum Gasteiger partial charge on any atom is 0.253 e. The van der Waals surface area contributed by atoms with Crippen molar-refractivity contribution in [2.45, 2.75) is 6.42 Å². The third-order valence-electron chi connectivity index (χ3n) is 4.49. The van der Waals surface area contributed by atoms with Gasteiger partial charge in [-0.2, -0.15) is 0 Å². The van der Waals surface area contributed by atoms with Crippen molar-refractivity contribution < 1.29 is 9.59 Å². The molecule has 134 valence electrons. The molecular formula is C21H18N4O2. The Kier molecular flexibility index (Phi) is 4.30. The number of aromatic amines is 1. The zero-order valence-electron chi connectivity index (χ0n) is 14.6. The average Bonchev–Trinajstić information content (AvgIpc) is 3.14. The Balaban J connectivity index is 1.67. The van der Waals surface area contributed by atoms with Crippen LogP contribution in [0.3, 0.4) is 0 Å². The Bertz CT molecular complexity index is 1050. The van der Waals surface area contributed by atoms with Crippen LogP contribution in [-0.4, -0.2) is 28.3 Å². The van der Waals surface area contributed by atoms with Crippen LogP contribution < -0.4 is 10.6 Å². The number of amides is 2. The molecular weight excluding hydrogens is 340 g/mol. The molecule has 0 spiro atoms. The van der Waals surface area contributed by atoms with Crippen molar-refractivity contribution in [3.05, 3.63) is 72.6 Å². The fraction of sp³-hybridized carbons (Fsp3) is 0.0952. The molecule has 1 aromatic carbocycles. The molecule has 0 unspecified atom stereocenters. The molecule has 0 saturated carbocycles. The molecule has 3 aromatic rings. The Hall–Kier alpha value is -3.67. The molecule has 0 radical (unpaired) electrons. The Morgan fingerprint density at radius 2 is 2.07 bits per heavy atom. The van der Waals surface area contributed by atoms with Crippen molar-refractivity contribution in [3.8, 4) is 22.5 Å². The fourth-order valence-corrected chi connectivity index (χ4v) is 3.15. The van der Waals surface area contributed by atoms with Crippen molar-refractivity contribution >= 4 is 17.5 Å². The van der Waals surface area contributed by atoms with E-state index in [1.165, 1.54) is 6.08 Å². The molecule has 2 amide bonds. The molecule has 4 rings (SSSR count).